The number of nitrogens with zero attached hydrogens (tertiary/aromatic N) is 6. The van der Waals surface area contributed by atoms with Crippen LogP contribution in [0, 0.1) is 0 Å². The highest BCUT2D eigenvalue weighted by atomic mass is 15.4. The molecule has 4 fully saturated rings. The van der Waals surface area contributed by atoms with Crippen molar-refractivity contribution >= 4 is 17.8 Å². The van der Waals surface area contributed by atoms with Gasteiger partial charge < -0.3 is 41.3 Å². The Morgan fingerprint density at radius 1 is 0.391 bits per heavy atom. The predicted octanol–water partition coefficient (Wildman–Crippen LogP) is 10.3. The Bertz CT molecular complexity index is 1500. The third kappa shape index (κ3) is 15.6. The Morgan fingerprint density at radius 3 is 0.953 bits per heavy atom. The first-order valence-electron chi connectivity index (χ1n) is 26.4. The maximum Gasteiger partial charge on any atom is 0.232 e. The first kappa shape index (κ1) is 53.2. The van der Waals surface area contributed by atoms with Gasteiger partial charge in [-0.05, 0) is 194 Å². The van der Waals surface area contributed by atoms with Gasteiger partial charge in [0.2, 0.25) is 17.8 Å². The molecule has 0 atom stereocenters. The van der Waals surface area contributed by atoms with E-state index in [1.165, 1.54) is 32.1 Å². The van der Waals surface area contributed by atoms with E-state index in [-0.39, 0.29) is 44.3 Å². The van der Waals surface area contributed by atoms with Gasteiger partial charge in [-0.15, -0.1) is 0 Å². The zero-order chi connectivity index (χ0) is 47.6. The molecule has 4 saturated heterocycles. The Labute approximate surface area is 394 Å². The van der Waals surface area contributed by atoms with Crippen LogP contribution in [0.15, 0.2) is 0 Å². The van der Waals surface area contributed by atoms with Crippen molar-refractivity contribution in [3.05, 3.63) is 0 Å². The first-order chi connectivity index (χ1) is 29.4. The summed E-state index contributed by atoms with van der Waals surface area (Å²) >= 11 is 0. The van der Waals surface area contributed by atoms with Gasteiger partial charge in [-0.3, -0.25) is 0 Å². The number of unbranched alkanes of at least 4 members (excludes halogenated alkanes) is 5. The number of anilines is 3. The zero-order valence-corrected chi connectivity index (χ0v) is 45.1. The summed E-state index contributed by atoms with van der Waals surface area (Å²) in [5, 5.41) is 19.8. The van der Waals surface area contributed by atoms with Gasteiger partial charge >= 0.3 is 0 Å². The fraction of sp³-hybridized carbons (Fsp3) is 0.943. The SMILES string of the molecule is CCCCN(c1nc(N(CCCC)C2CC(C)(C)NC(C)(C)C2)nc(N(CCCCCCNC2CC(C)(C)NC(C)(C)C2)C2CC(C)(C)NC(C)(C)C2)n1)C1CC(C)(C)NC(C)(C)C1. The van der Waals surface area contributed by atoms with Gasteiger partial charge in [0.05, 0.1) is 0 Å². The van der Waals surface area contributed by atoms with E-state index < -0.39 is 0 Å². The van der Waals surface area contributed by atoms with Gasteiger partial charge in [0, 0.05) is 88.1 Å². The molecular weight excluding hydrogens is 791 g/mol. The van der Waals surface area contributed by atoms with Crippen molar-refractivity contribution < 1.29 is 0 Å². The van der Waals surface area contributed by atoms with E-state index in [1.54, 1.807) is 0 Å². The lowest BCUT2D eigenvalue weighted by molar-refractivity contribution is 0.146. The summed E-state index contributed by atoms with van der Waals surface area (Å²) in [6, 6.07) is 1.52. The molecule has 5 rings (SSSR count). The highest BCUT2D eigenvalue weighted by molar-refractivity contribution is 5.49. The Morgan fingerprint density at radius 2 is 0.656 bits per heavy atom. The molecule has 370 valence electrons. The van der Waals surface area contributed by atoms with Crippen molar-refractivity contribution in [2.45, 2.75) is 296 Å². The highest BCUT2D eigenvalue weighted by Gasteiger charge is 2.45. The lowest BCUT2D eigenvalue weighted by Crippen LogP contribution is -2.63. The number of hydrogen-bond donors (Lipinski definition) is 5. The molecular formula is C53H103N11. The van der Waals surface area contributed by atoms with E-state index in [4.69, 9.17) is 15.0 Å². The van der Waals surface area contributed by atoms with Gasteiger partial charge in [-0.25, -0.2) is 0 Å². The van der Waals surface area contributed by atoms with E-state index in [2.05, 4.69) is 166 Å². The smallest absolute Gasteiger partial charge is 0.232 e. The van der Waals surface area contributed by atoms with Crippen LogP contribution < -0.4 is 41.3 Å². The molecule has 1 aromatic heterocycles. The normalized spacial score (nSPS) is 25.2. The van der Waals surface area contributed by atoms with Crippen LogP contribution >= 0.6 is 0 Å². The zero-order valence-electron chi connectivity index (χ0n) is 45.1. The van der Waals surface area contributed by atoms with Crippen LogP contribution in [0.3, 0.4) is 0 Å². The van der Waals surface area contributed by atoms with Gasteiger partial charge in [0.15, 0.2) is 0 Å². The summed E-state index contributed by atoms with van der Waals surface area (Å²) in [5.74, 6) is 2.65. The molecule has 4 aliphatic rings. The minimum absolute atomic E-state index is 0.00357. The van der Waals surface area contributed by atoms with Crippen molar-refractivity contribution in [1.82, 2.24) is 41.5 Å². The number of hydrogen-bond acceptors (Lipinski definition) is 11. The Hall–Kier alpha value is -1.79. The molecule has 0 unspecified atom stereocenters. The average Bonchev–Trinajstić information content (AvgIpc) is 3.08. The number of piperidine rings is 4. The third-order valence-corrected chi connectivity index (χ3v) is 14.7. The first-order valence-corrected chi connectivity index (χ1v) is 26.4. The van der Waals surface area contributed by atoms with Gasteiger partial charge in [-0.1, -0.05) is 39.5 Å². The Kier molecular flexibility index (Phi) is 17.0. The van der Waals surface area contributed by atoms with Gasteiger partial charge in [0.1, 0.15) is 0 Å². The maximum atomic E-state index is 5.73. The number of aromatic nitrogens is 3. The van der Waals surface area contributed by atoms with E-state index in [0.717, 1.165) is 115 Å². The van der Waals surface area contributed by atoms with Crippen LogP contribution in [0.2, 0.25) is 0 Å². The lowest BCUT2D eigenvalue weighted by Gasteiger charge is -2.51. The molecule has 0 amide bonds. The van der Waals surface area contributed by atoms with E-state index in [0.29, 0.717) is 24.2 Å². The molecule has 5 N–H and O–H groups in total. The standard InChI is InChI=1S/C53H103N11/c1-19-21-28-62(40-33-48(7,8)59-49(9,10)34-40)43-55-44(63(29-22-20-2)41-35-50(11,12)60-51(13,14)36-41)57-45(56-43)64(42-37-52(15,16)61-53(17,18)38-42)30-26-24-23-25-27-54-39-31-46(3,4)58-47(5,6)32-39/h39-42,54,58-61H,19-38H2,1-18H3. The average molecular weight is 894 g/mol. The maximum absolute atomic E-state index is 5.73. The van der Waals surface area contributed by atoms with Crippen LogP contribution in [-0.4, -0.2) is 110 Å². The van der Waals surface area contributed by atoms with Crippen molar-refractivity contribution in [3.63, 3.8) is 0 Å². The quantitative estimate of drug-likeness (QED) is 0.0808. The summed E-state index contributed by atoms with van der Waals surface area (Å²) in [6.45, 7) is 46.6. The number of nitrogens with one attached hydrogen (secondary N) is 5. The predicted molar refractivity (Wildman–Crippen MR) is 275 cm³/mol. The molecule has 0 aliphatic carbocycles. The van der Waals surface area contributed by atoms with Crippen LogP contribution in [0.4, 0.5) is 17.8 Å². The second kappa shape index (κ2) is 20.4. The molecule has 1 aromatic rings. The second-order valence-electron chi connectivity index (χ2n) is 26.8. The van der Waals surface area contributed by atoms with Crippen molar-refractivity contribution in [1.29, 1.82) is 0 Å². The van der Waals surface area contributed by atoms with E-state index in [1.807, 2.05) is 0 Å². The van der Waals surface area contributed by atoms with Crippen molar-refractivity contribution in [2.24, 2.45) is 0 Å². The molecule has 0 aromatic carbocycles. The fourth-order valence-electron chi connectivity index (χ4n) is 13.7. The molecule has 0 saturated carbocycles. The van der Waals surface area contributed by atoms with Gasteiger partial charge in [-0.2, -0.15) is 15.0 Å². The Balaban J connectivity index is 1.54. The van der Waals surface area contributed by atoms with Crippen LogP contribution in [0.1, 0.15) is 227 Å². The van der Waals surface area contributed by atoms with Crippen LogP contribution in [-0.2, 0) is 0 Å². The largest absolute Gasteiger partial charge is 0.338 e. The fourth-order valence-corrected chi connectivity index (χ4v) is 13.7. The molecule has 0 spiro atoms. The molecule has 0 bridgehead atoms. The molecule has 5 heterocycles. The molecule has 64 heavy (non-hydrogen) atoms. The summed E-state index contributed by atoms with van der Waals surface area (Å²) < 4.78 is 0. The summed E-state index contributed by atoms with van der Waals surface area (Å²) in [7, 11) is 0. The van der Waals surface area contributed by atoms with E-state index in [9.17, 15) is 0 Å². The van der Waals surface area contributed by atoms with Crippen LogP contribution in [0.5, 0.6) is 0 Å². The minimum atomic E-state index is -0.00829. The number of rotatable bonds is 20. The third-order valence-electron chi connectivity index (χ3n) is 14.7. The minimum Gasteiger partial charge on any atom is -0.338 e. The van der Waals surface area contributed by atoms with E-state index >= 15 is 0 Å². The van der Waals surface area contributed by atoms with Crippen molar-refractivity contribution in [3.8, 4) is 0 Å². The lowest BCUT2D eigenvalue weighted by atomic mass is 9.79. The topological polar surface area (TPSA) is 109 Å². The summed E-state index contributed by atoms with van der Waals surface area (Å²) in [4.78, 5) is 25.1. The molecule has 4 aliphatic heterocycles. The highest BCUT2D eigenvalue weighted by Crippen LogP contribution is 2.39. The van der Waals surface area contributed by atoms with Crippen LogP contribution in [0.25, 0.3) is 0 Å². The molecule has 11 nitrogen and oxygen atoms in total. The summed E-state index contributed by atoms with van der Waals surface area (Å²) in [6.07, 6.45) is 17.9. The molecule has 11 heteroatoms. The second-order valence-corrected chi connectivity index (χ2v) is 26.8. The summed E-state index contributed by atoms with van der Waals surface area (Å²) in [5.41, 5.74) is 0.325. The monoisotopic (exact) mass is 894 g/mol. The van der Waals surface area contributed by atoms with Gasteiger partial charge in [0.25, 0.3) is 0 Å². The van der Waals surface area contributed by atoms with Crippen molar-refractivity contribution in [2.75, 3.05) is 40.9 Å². The molecule has 0 radical (unpaired) electrons.